The van der Waals surface area contributed by atoms with E-state index in [0.717, 1.165) is 36.7 Å². The highest BCUT2D eigenvalue weighted by atomic mass is 16.2. The molecule has 7 nitrogen and oxygen atoms in total. The molecular weight excluding hydrogens is 364 g/mol. The second kappa shape index (κ2) is 8.26. The predicted octanol–water partition coefficient (Wildman–Crippen LogP) is 2.93. The van der Waals surface area contributed by atoms with Crippen molar-refractivity contribution in [3.05, 3.63) is 66.5 Å². The Morgan fingerprint density at radius 1 is 1.07 bits per heavy atom. The standard InChI is InChI=1S/C22H24N6O/c1-27(2)21(29)19-9-6-10-20(25-19)24-17-12-14-28(15-17)22-23-13-11-18(26-22)16-7-4-3-5-8-16/h3-11,13,17H,12,14-15H2,1-2H3,(H,24,25). The van der Waals surface area contributed by atoms with Crippen molar-refractivity contribution in [3.63, 3.8) is 0 Å². The average Bonchev–Trinajstić information content (AvgIpc) is 3.22. The highest BCUT2D eigenvalue weighted by Crippen LogP contribution is 2.22. The summed E-state index contributed by atoms with van der Waals surface area (Å²) in [5.74, 6) is 1.34. The van der Waals surface area contributed by atoms with Crippen LogP contribution in [0.5, 0.6) is 0 Å². The summed E-state index contributed by atoms with van der Waals surface area (Å²) in [6, 6.07) is 17.7. The van der Waals surface area contributed by atoms with Crippen LogP contribution >= 0.6 is 0 Å². The van der Waals surface area contributed by atoms with Gasteiger partial charge in [0.25, 0.3) is 5.91 Å². The molecule has 2 aromatic heterocycles. The fraction of sp³-hybridized carbons (Fsp3) is 0.273. The monoisotopic (exact) mass is 388 g/mol. The molecule has 1 unspecified atom stereocenters. The number of hydrogen-bond acceptors (Lipinski definition) is 6. The van der Waals surface area contributed by atoms with Crippen LogP contribution in [0.3, 0.4) is 0 Å². The number of nitrogens with one attached hydrogen (secondary N) is 1. The Bertz CT molecular complexity index is 991. The van der Waals surface area contributed by atoms with Gasteiger partial charge in [0.05, 0.1) is 5.69 Å². The van der Waals surface area contributed by atoms with Gasteiger partial charge in [0.2, 0.25) is 5.95 Å². The number of amides is 1. The first-order chi connectivity index (χ1) is 14.1. The summed E-state index contributed by atoms with van der Waals surface area (Å²) >= 11 is 0. The minimum absolute atomic E-state index is 0.104. The molecular formula is C22H24N6O. The molecule has 1 amide bonds. The summed E-state index contributed by atoms with van der Waals surface area (Å²) in [5, 5.41) is 3.44. The Kier molecular flexibility index (Phi) is 5.37. The lowest BCUT2D eigenvalue weighted by Gasteiger charge is -2.18. The number of anilines is 2. The first kappa shape index (κ1) is 18.9. The molecule has 3 heterocycles. The number of nitrogens with zero attached hydrogens (tertiary/aromatic N) is 5. The van der Waals surface area contributed by atoms with Crippen LogP contribution in [0.25, 0.3) is 11.3 Å². The van der Waals surface area contributed by atoms with E-state index in [4.69, 9.17) is 4.98 Å². The highest BCUT2D eigenvalue weighted by Gasteiger charge is 2.25. The smallest absolute Gasteiger partial charge is 0.272 e. The Morgan fingerprint density at radius 3 is 2.69 bits per heavy atom. The van der Waals surface area contributed by atoms with Crippen molar-refractivity contribution < 1.29 is 4.79 Å². The molecule has 1 saturated heterocycles. The van der Waals surface area contributed by atoms with E-state index in [9.17, 15) is 4.79 Å². The molecule has 0 aliphatic carbocycles. The van der Waals surface area contributed by atoms with E-state index in [0.29, 0.717) is 11.5 Å². The van der Waals surface area contributed by atoms with Gasteiger partial charge in [-0.05, 0) is 24.6 Å². The van der Waals surface area contributed by atoms with E-state index in [1.165, 1.54) is 4.90 Å². The maximum atomic E-state index is 12.1. The quantitative estimate of drug-likeness (QED) is 0.724. The van der Waals surface area contributed by atoms with Gasteiger partial charge in [-0.3, -0.25) is 4.79 Å². The minimum atomic E-state index is -0.104. The van der Waals surface area contributed by atoms with Crippen LogP contribution in [0.15, 0.2) is 60.8 Å². The Morgan fingerprint density at radius 2 is 1.90 bits per heavy atom. The van der Waals surface area contributed by atoms with Crippen LogP contribution < -0.4 is 10.2 Å². The molecule has 1 aliphatic rings. The zero-order chi connectivity index (χ0) is 20.2. The van der Waals surface area contributed by atoms with Crippen LogP contribution in [0.2, 0.25) is 0 Å². The SMILES string of the molecule is CN(C)C(=O)c1cccc(NC2CCN(c3nccc(-c4ccccc4)n3)C2)n1. The normalized spacial score (nSPS) is 15.9. The van der Waals surface area contributed by atoms with E-state index in [-0.39, 0.29) is 11.9 Å². The first-order valence-electron chi connectivity index (χ1n) is 9.69. The lowest BCUT2D eigenvalue weighted by atomic mass is 10.1. The average molecular weight is 388 g/mol. The van der Waals surface area contributed by atoms with Gasteiger partial charge in [-0.25, -0.2) is 15.0 Å². The van der Waals surface area contributed by atoms with E-state index in [1.807, 2.05) is 54.7 Å². The molecule has 3 aromatic rings. The van der Waals surface area contributed by atoms with Crippen molar-refractivity contribution in [2.24, 2.45) is 0 Å². The van der Waals surface area contributed by atoms with Gasteiger partial charge in [-0.2, -0.15) is 0 Å². The molecule has 29 heavy (non-hydrogen) atoms. The van der Waals surface area contributed by atoms with E-state index in [2.05, 4.69) is 20.2 Å². The number of pyridine rings is 1. The third-order valence-corrected chi connectivity index (χ3v) is 4.91. The van der Waals surface area contributed by atoms with E-state index < -0.39 is 0 Å². The molecule has 0 radical (unpaired) electrons. The molecule has 1 fully saturated rings. The zero-order valence-corrected chi connectivity index (χ0v) is 16.6. The molecule has 1 N–H and O–H groups in total. The van der Waals surface area contributed by atoms with Crippen LogP contribution in [-0.4, -0.2) is 59.0 Å². The number of hydrogen-bond donors (Lipinski definition) is 1. The van der Waals surface area contributed by atoms with Gasteiger partial charge in [0.1, 0.15) is 11.5 Å². The first-order valence-corrected chi connectivity index (χ1v) is 9.69. The number of rotatable bonds is 5. The summed E-state index contributed by atoms with van der Waals surface area (Å²) < 4.78 is 0. The molecule has 148 valence electrons. The molecule has 4 rings (SSSR count). The molecule has 1 aromatic carbocycles. The Labute approximate surface area is 170 Å². The highest BCUT2D eigenvalue weighted by molar-refractivity contribution is 5.92. The van der Waals surface area contributed by atoms with Gasteiger partial charge in [0.15, 0.2) is 0 Å². The molecule has 0 saturated carbocycles. The fourth-order valence-corrected chi connectivity index (χ4v) is 3.40. The topological polar surface area (TPSA) is 74.2 Å². The summed E-state index contributed by atoms with van der Waals surface area (Å²) in [7, 11) is 3.45. The van der Waals surface area contributed by atoms with Crippen molar-refractivity contribution in [3.8, 4) is 11.3 Å². The van der Waals surface area contributed by atoms with E-state index >= 15 is 0 Å². The summed E-state index contributed by atoms with van der Waals surface area (Å²) in [4.78, 5) is 29.5. The number of carbonyl (C=O) groups is 1. The Balaban J connectivity index is 1.44. The fourth-order valence-electron chi connectivity index (χ4n) is 3.40. The van der Waals surface area contributed by atoms with Crippen molar-refractivity contribution in [2.75, 3.05) is 37.4 Å². The van der Waals surface area contributed by atoms with Gasteiger partial charge >= 0.3 is 0 Å². The van der Waals surface area contributed by atoms with Gasteiger partial charge in [0, 0.05) is 45.0 Å². The second-order valence-electron chi connectivity index (χ2n) is 7.29. The molecule has 1 aliphatic heterocycles. The maximum Gasteiger partial charge on any atom is 0.272 e. The molecule has 1 atom stereocenters. The lowest BCUT2D eigenvalue weighted by molar-refractivity contribution is 0.0822. The van der Waals surface area contributed by atoms with Crippen molar-refractivity contribution in [1.82, 2.24) is 19.9 Å². The Hall–Kier alpha value is -3.48. The molecule has 0 bridgehead atoms. The van der Waals surface area contributed by atoms with E-state index in [1.54, 1.807) is 20.2 Å². The minimum Gasteiger partial charge on any atom is -0.365 e. The van der Waals surface area contributed by atoms with Gasteiger partial charge in [-0.1, -0.05) is 36.4 Å². The third kappa shape index (κ3) is 4.34. The number of benzene rings is 1. The number of aromatic nitrogens is 3. The predicted molar refractivity (Wildman–Crippen MR) is 114 cm³/mol. The van der Waals surface area contributed by atoms with Crippen LogP contribution in [0, 0.1) is 0 Å². The van der Waals surface area contributed by atoms with Crippen molar-refractivity contribution >= 4 is 17.7 Å². The third-order valence-electron chi connectivity index (χ3n) is 4.91. The number of carbonyl (C=O) groups excluding carboxylic acids is 1. The maximum absolute atomic E-state index is 12.1. The van der Waals surface area contributed by atoms with Gasteiger partial charge in [-0.15, -0.1) is 0 Å². The van der Waals surface area contributed by atoms with Crippen LogP contribution in [0.4, 0.5) is 11.8 Å². The second-order valence-corrected chi connectivity index (χ2v) is 7.29. The lowest BCUT2D eigenvalue weighted by Crippen LogP contribution is -2.28. The summed E-state index contributed by atoms with van der Waals surface area (Å²) in [5.41, 5.74) is 2.44. The molecule has 7 heteroatoms. The van der Waals surface area contributed by atoms with Crippen LogP contribution in [0.1, 0.15) is 16.9 Å². The summed E-state index contributed by atoms with van der Waals surface area (Å²) in [6.45, 7) is 1.65. The summed E-state index contributed by atoms with van der Waals surface area (Å²) in [6.07, 6.45) is 2.76. The largest absolute Gasteiger partial charge is 0.365 e. The molecule has 0 spiro atoms. The zero-order valence-electron chi connectivity index (χ0n) is 16.6. The van der Waals surface area contributed by atoms with Crippen molar-refractivity contribution in [2.45, 2.75) is 12.5 Å². The van der Waals surface area contributed by atoms with Crippen molar-refractivity contribution in [1.29, 1.82) is 0 Å². The van der Waals surface area contributed by atoms with Crippen LogP contribution in [-0.2, 0) is 0 Å². The van der Waals surface area contributed by atoms with Gasteiger partial charge < -0.3 is 15.1 Å².